The van der Waals surface area contributed by atoms with Crippen molar-refractivity contribution in [1.82, 2.24) is 15.2 Å². The van der Waals surface area contributed by atoms with Gasteiger partial charge >= 0.3 is 0 Å². The zero-order chi connectivity index (χ0) is 27.4. The molecule has 0 radical (unpaired) electrons. The highest BCUT2D eigenvalue weighted by Crippen LogP contribution is 2.33. The van der Waals surface area contributed by atoms with Gasteiger partial charge in [0.25, 0.3) is 11.5 Å². The van der Waals surface area contributed by atoms with Crippen molar-refractivity contribution in [2.24, 2.45) is 5.92 Å². The van der Waals surface area contributed by atoms with Crippen molar-refractivity contribution in [3.05, 3.63) is 68.1 Å². The van der Waals surface area contributed by atoms with E-state index in [1.807, 2.05) is 32.9 Å². The molecule has 1 aliphatic heterocycles. The summed E-state index contributed by atoms with van der Waals surface area (Å²) in [5.41, 5.74) is 6.97. The van der Waals surface area contributed by atoms with Gasteiger partial charge in [-0.05, 0) is 120 Å². The number of hydrogen-bond donors (Lipinski definition) is 3. The van der Waals surface area contributed by atoms with Gasteiger partial charge in [0.05, 0.1) is 13.2 Å². The molecule has 1 amide bonds. The second-order valence-electron chi connectivity index (χ2n) is 11.3. The second-order valence-corrected chi connectivity index (χ2v) is 11.3. The molecule has 1 aromatic heterocycles. The van der Waals surface area contributed by atoms with Crippen LogP contribution in [0.4, 0.5) is 5.69 Å². The molecule has 1 saturated carbocycles. The molecule has 2 aromatic rings. The van der Waals surface area contributed by atoms with Gasteiger partial charge in [-0.3, -0.25) is 9.59 Å². The summed E-state index contributed by atoms with van der Waals surface area (Å²) in [4.78, 5) is 31.2. The fraction of sp³-hybridized carbons (Fsp3) is 0.548. The SMILES string of the molecule is Cc1cc(C)c(CNC(=O)c2cc(C3=CCOCC3)cc(NC(C)C3CCC(N(C)C)CC3)c2C)c(=O)[nH]1. The van der Waals surface area contributed by atoms with Gasteiger partial charge in [-0.1, -0.05) is 6.08 Å². The standard InChI is InChI=1S/C31H44N4O3/c1-19-15-20(2)33-31(37)28(19)18-32-30(36)27-16-25(24-11-13-38-14-12-24)17-29(21(27)3)34-22(4)23-7-9-26(10-8-23)35(5)6/h11,15-17,22-23,26,34H,7-10,12-14,18H2,1-6H3,(H,32,36)(H,33,37). The number of carbonyl (C=O) groups is 1. The van der Waals surface area contributed by atoms with Crippen LogP contribution >= 0.6 is 0 Å². The van der Waals surface area contributed by atoms with Crippen molar-refractivity contribution in [2.75, 3.05) is 32.6 Å². The first-order valence-corrected chi connectivity index (χ1v) is 14.0. The number of aromatic nitrogens is 1. The molecule has 206 valence electrons. The van der Waals surface area contributed by atoms with E-state index in [9.17, 15) is 9.59 Å². The zero-order valence-electron chi connectivity index (χ0n) is 23.9. The number of aromatic amines is 1. The van der Waals surface area contributed by atoms with Gasteiger partial charge in [0, 0.05) is 41.1 Å². The van der Waals surface area contributed by atoms with E-state index in [1.165, 1.54) is 31.3 Å². The number of hydrogen-bond acceptors (Lipinski definition) is 5. The number of amides is 1. The van der Waals surface area contributed by atoms with Crippen molar-refractivity contribution in [3.63, 3.8) is 0 Å². The van der Waals surface area contributed by atoms with E-state index in [0.717, 1.165) is 34.5 Å². The second kappa shape index (κ2) is 12.3. The van der Waals surface area contributed by atoms with E-state index in [4.69, 9.17) is 4.74 Å². The van der Waals surface area contributed by atoms with E-state index < -0.39 is 0 Å². The molecule has 7 heteroatoms. The predicted octanol–water partition coefficient (Wildman–Crippen LogP) is 4.95. The summed E-state index contributed by atoms with van der Waals surface area (Å²) < 4.78 is 5.53. The Balaban J connectivity index is 1.57. The van der Waals surface area contributed by atoms with E-state index in [2.05, 4.69) is 53.7 Å². The number of aryl methyl sites for hydroxylation is 2. The zero-order valence-corrected chi connectivity index (χ0v) is 23.9. The third-order valence-electron chi connectivity index (χ3n) is 8.47. The van der Waals surface area contributed by atoms with Crippen LogP contribution < -0.4 is 16.2 Å². The Hall–Kier alpha value is -2.90. The Morgan fingerprint density at radius 2 is 1.87 bits per heavy atom. The highest BCUT2D eigenvalue weighted by atomic mass is 16.5. The van der Waals surface area contributed by atoms with Crippen LogP contribution in [0.5, 0.6) is 0 Å². The van der Waals surface area contributed by atoms with Crippen LogP contribution in [0.3, 0.4) is 0 Å². The van der Waals surface area contributed by atoms with Crippen molar-refractivity contribution < 1.29 is 9.53 Å². The first-order chi connectivity index (χ1) is 18.1. The summed E-state index contributed by atoms with van der Waals surface area (Å²) >= 11 is 0. The summed E-state index contributed by atoms with van der Waals surface area (Å²) in [6, 6.07) is 7.10. The molecule has 3 N–H and O–H groups in total. The Labute approximate surface area is 227 Å². The number of benzene rings is 1. The number of rotatable bonds is 8. The lowest BCUT2D eigenvalue weighted by atomic mass is 9.81. The van der Waals surface area contributed by atoms with Crippen LogP contribution in [0.25, 0.3) is 5.57 Å². The molecule has 1 atom stereocenters. The molecule has 0 spiro atoms. The van der Waals surface area contributed by atoms with E-state index in [0.29, 0.717) is 42.3 Å². The largest absolute Gasteiger partial charge is 0.382 e. The fourth-order valence-electron chi connectivity index (χ4n) is 5.92. The normalized spacial score (nSPS) is 20.7. The molecule has 1 aliphatic carbocycles. The van der Waals surface area contributed by atoms with Gasteiger partial charge in [-0.25, -0.2) is 0 Å². The number of H-pyrrole nitrogens is 1. The third kappa shape index (κ3) is 6.56. The maximum atomic E-state index is 13.5. The predicted molar refractivity (Wildman–Crippen MR) is 155 cm³/mol. The average molecular weight is 521 g/mol. The number of nitrogens with zero attached hydrogens (tertiary/aromatic N) is 1. The first kappa shape index (κ1) is 28.1. The summed E-state index contributed by atoms with van der Waals surface area (Å²) in [5.74, 6) is 0.434. The summed E-state index contributed by atoms with van der Waals surface area (Å²) in [6.45, 7) is 9.52. The molecule has 38 heavy (non-hydrogen) atoms. The average Bonchev–Trinajstić information content (AvgIpc) is 2.89. The van der Waals surface area contributed by atoms with Crippen molar-refractivity contribution in [3.8, 4) is 0 Å². The molecule has 4 rings (SSSR count). The molecule has 1 aromatic carbocycles. The number of ether oxygens (including phenoxy) is 1. The number of carbonyl (C=O) groups excluding carboxylic acids is 1. The van der Waals surface area contributed by atoms with Crippen LogP contribution in [0.15, 0.2) is 29.1 Å². The Morgan fingerprint density at radius 1 is 1.13 bits per heavy atom. The topological polar surface area (TPSA) is 86.5 Å². The number of nitrogens with one attached hydrogen (secondary N) is 3. The Kier molecular flexibility index (Phi) is 9.11. The van der Waals surface area contributed by atoms with E-state index >= 15 is 0 Å². The van der Waals surface area contributed by atoms with Gasteiger partial charge in [0.15, 0.2) is 0 Å². The van der Waals surface area contributed by atoms with Crippen LogP contribution in [-0.4, -0.2) is 55.2 Å². The summed E-state index contributed by atoms with van der Waals surface area (Å²) in [6.07, 6.45) is 7.79. The molecule has 0 bridgehead atoms. The molecule has 1 unspecified atom stereocenters. The Morgan fingerprint density at radius 3 is 2.50 bits per heavy atom. The molecule has 7 nitrogen and oxygen atoms in total. The minimum Gasteiger partial charge on any atom is -0.382 e. The lowest BCUT2D eigenvalue weighted by Gasteiger charge is -2.36. The minimum atomic E-state index is -0.168. The molecule has 2 aliphatic rings. The van der Waals surface area contributed by atoms with Crippen molar-refractivity contribution in [2.45, 2.75) is 78.4 Å². The van der Waals surface area contributed by atoms with Crippen molar-refractivity contribution >= 4 is 17.2 Å². The van der Waals surface area contributed by atoms with Gasteiger partial charge in [-0.15, -0.1) is 0 Å². The molecular formula is C31H44N4O3. The molecule has 0 saturated heterocycles. The third-order valence-corrected chi connectivity index (χ3v) is 8.47. The van der Waals surface area contributed by atoms with E-state index in [1.54, 1.807) is 0 Å². The van der Waals surface area contributed by atoms with Gasteiger partial charge in [0.2, 0.25) is 0 Å². The minimum absolute atomic E-state index is 0.152. The number of pyridine rings is 1. The monoisotopic (exact) mass is 520 g/mol. The highest BCUT2D eigenvalue weighted by molar-refractivity contribution is 5.98. The van der Waals surface area contributed by atoms with Gasteiger partial charge < -0.3 is 25.3 Å². The summed E-state index contributed by atoms with van der Waals surface area (Å²) in [5, 5.41) is 6.80. The molecule has 1 fully saturated rings. The Bertz CT molecular complexity index is 1240. The highest BCUT2D eigenvalue weighted by Gasteiger charge is 2.27. The maximum absolute atomic E-state index is 13.5. The smallest absolute Gasteiger partial charge is 0.253 e. The van der Waals surface area contributed by atoms with Crippen LogP contribution in [0.2, 0.25) is 0 Å². The quantitative estimate of drug-likeness (QED) is 0.458. The molecule has 2 heterocycles. The number of anilines is 1. The first-order valence-electron chi connectivity index (χ1n) is 14.0. The van der Waals surface area contributed by atoms with Crippen LogP contribution in [-0.2, 0) is 11.3 Å². The molecular weight excluding hydrogens is 476 g/mol. The van der Waals surface area contributed by atoms with Gasteiger partial charge in [0.1, 0.15) is 0 Å². The maximum Gasteiger partial charge on any atom is 0.253 e. The van der Waals surface area contributed by atoms with E-state index in [-0.39, 0.29) is 18.0 Å². The lowest BCUT2D eigenvalue weighted by Crippen LogP contribution is -2.36. The van der Waals surface area contributed by atoms with Gasteiger partial charge in [-0.2, -0.15) is 0 Å². The van der Waals surface area contributed by atoms with Crippen LogP contribution in [0.1, 0.15) is 77.3 Å². The fourth-order valence-corrected chi connectivity index (χ4v) is 5.92. The van der Waals surface area contributed by atoms with Crippen molar-refractivity contribution in [1.29, 1.82) is 0 Å². The van der Waals surface area contributed by atoms with Crippen LogP contribution in [0, 0.1) is 26.7 Å². The lowest BCUT2D eigenvalue weighted by molar-refractivity contribution is 0.0950. The summed E-state index contributed by atoms with van der Waals surface area (Å²) in [7, 11) is 4.35.